The minimum Gasteiger partial charge on any atom is -0.423 e. The lowest BCUT2D eigenvalue weighted by Gasteiger charge is -2.14. The average Bonchev–Trinajstić information content (AvgIpc) is 2.99. The lowest BCUT2D eigenvalue weighted by atomic mass is 10.00. The van der Waals surface area contributed by atoms with E-state index in [1.54, 1.807) is 0 Å². The van der Waals surface area contributed by atoms with Crippen LogP contribution in [-0.2, 0) is 11.2 Å². The highest BCUT2D eigenvalue weighted by Gasteiger charge is 2.11. The maximum Gasteiger partial charge on any atom is 0.343 e. The Labute approximate surface area is 243 Å². The summed E-state index contributed by atoms with van der Waals surface area (Å²) in [6, 6.07) is 24.1. The highest BCUT2D eigenvalue weighted by Crippen LogP contribution is 2.24. The van der Waals surface area contributed by atoms with Gasteiger partial charge < -0.3 is 9.47 Å². The molecule has 216 valence electrons. The minimum absolute atomic E-state index is 0.0258. The van der Waals surface area contributed by atoms with Crippen molar-refractivity contribution in [3.05, 3.63) is 89.5 Å². The third-order valence-corrected chi connectivity index (χ3v) is 7.65. The third-order valence-electron chi connectivity index (χ3n) is 7.65. The Morgan fingerprint density at radius 3 is 1.75 bits per heavy atom. The van der Waals surface area contributed by atoms with E-state index in [2.05, 4.69) is 45.0 Å². The maximum absolute atomic E-state index is 12.7. The second-order valence-corrected chi connectivity index (χ2v) is 11.0. The smallest absolute Gasteiger partial charge is 0.343 e. The predicted molar refractivity (Wildman–Crippen MR) is 168 cm³/mol. The molecule has 0 aliphatic rings. The largest absolute Gasteiger partial charge is 0.423 e. The van der Waals surface area contributed by atoms with Crippen LogP contribution in [0, 0.1) is 0 Å². The van der Waals surface area contributed by atoms with Crippen LogP contribution in [0.3, 0.4) is 0 Å². The first-order valence-corrected chi connectivity index (χ1v) is 15.7. The molecule has 3 aromatic carbocycles. The van der Waals surface area contributed by atoms with Crippen molar-refractivity contribution in [3.8, 4) is 16.9 Å². The van der Waals surface area contributed by atoms with Gasteiger partial charge in [-0.05, 0) is 72.7 Å². The molecule has 1 atom stereocenters. The quantitative estimate of drug-likeness (QED) is 0.0858. The van der Waals surface area contributed by atoms with Crippen LogP contribution >= 0.6 is 0 Å². The fourth-order valence-electron chi connectivity index (χ4n) is 4.98. The van der Waals surface area contributed by atoms with Gasteiger partial charge in [0.2, 0.25) is 0 Å². The number of aryl methyl sites for hydroxylation is 1. The second-order valence-electron chi connectivity index (χ2n) is 11.0. The molecule has 3 rings (SSSR count). The van der Waals surface area contributed by atoms with Crippen molar-refractivity contribution in [2.24, 2.45) is 0 Å². The Morgan fingerprint density at radius 1 is 0.625 bits per heavy atom. The summed E-state index contributed by atoms with van der Waals surface area (Å²) in [6.45, 7) is 7.34. The standard InChI is InChI=1S/C37H50O3/c1-4-6-8-10-11-12-14-16-31-17-19-33(20-18-31)34-21-23-35(24-22-34)37(38)40-36-27-25-32(26-28-36)30(3)39-29-15-13-9-7-5-2/h17-28,30H,4-16,29H2,1-3H3. The number of ether oxygens (including phenoxy) is 2. The molecule has 0 spiro atoms. The van der Waals surface area contributed by atoms with Crippen LogP contribution in [0.1, 0.15) is 125 Å². The van der Waals surface area contributed by atoms with Crippen LogP contribution in [0.2, 0.25) is 0 Å². The molecule has 3 aromatic rings. The van der Waals surface area contributed by atoms with Gasteiger partial charge in [-0.2, -0.15) is 0 Å². The van der Waals surface area contributed by atoms with Gasteiger partial charge in [-0.1, -0.05) is 127 Å². The molecule has 3 nitrogen and oxygen atoms in total. The van der Waals surface area contributed by atoms with Gasteiger partial charge >= 0.3 is 5.97 Å². The fourth-order valence-corrected chi connectivity index (χ4v) is 4.98. The van der Waals surface area contributed by atoms with Gasteiger partial charge in [0.1, 0.15) is 5.75 Å². The molecule has 0 saturated heterocycles. The highest BCUT2D eigenvalue weighted by molar-refractivity contribution is 5.91. The van der Waals surface area contributed by atoms with Crippen molar-refractivity contribution in [2.75, 3.05) is 6.61 Å². The highest BCUT2D eigenvalue weighted by atomic mass is 16.5. The number of hydrogen-bond donors (Lipinski definition) is 0. The summed E-state index contributed by atoms with van der Waals surface area (Å²) in [5, 5.41) is 0. The second kappa shape index (κ2) is 18.4. The van der Waals surface area contributed by atoms with Crippen molar-refractivity contribution >= 4 is 5.97 Å². The molecule has 0 bridgehead atoms. The molecule has 0 amide bonds. The molecule has 1 unspecified atom stereocenters. The molecule has 0 heterocycles. The topological polar surface area (TPSA) is 35.5 Å². The number of unbranched alkanes of at least 4 members (excludes halogenated alkanes) is 10. The lowest BCUT2D eigenvalue weighted by Crippen LogP contribution is -2.08. The van der Waals surface area contributed by atoms with E-state index in [1.807, 2.05) is 48.5 Å². The minimum atomic E-state index is -0.347. The summed E-state index contributed by atoms with van der Waals surface area (Å²) in [7, 11) is 0. The monoisotopic (exact) mass is 542 g/mol. The van der Waals surface area contributed by atoms with Gasteiger partial charge in [-0.25, -0.2) is 4.79 Å². The summed E-state index contributed by atoms with van der Waals surface area (Å²) < 4.78 is 11.6. The molecule has 0 aromatic heterocycles. The molecular weight excluding hydrogens is 492 g/mol. The number of rotatable bonds is 19. The lowest BCUT2D eigenvalue weighted by molar-refractivity contribution is 0.0627. The van der Waals surface area contributed by atoms with Crippen molar-refractivity contribution in [1.29, 1.82) is 0 Å². The number of hydrogen-bond acceptors (Lipinski definition) is 3. The van der Waals surface area contributed by atoms with E-state index in [-0.39, 0.29) is 12.1 Å². The van der Waals surface area contributed by atoms with E-state index < -0.39 is 0 Å². The molecule has 40 heavy (non-hydrogen) atoms. The summed E-state index contributed by atoms with van der Waals surface area (Å²) in [5.41, 5.74) is 5.29. The zero-order chi connectivity index (χ0) is 28.4. The van der Waals surface area contributed by atoms with Gasteiger partial charge in [0.05, 0.1) is 11.7 Å². The van der Waals surface area contributed by atoms with Crippen LogP contribution in [0.4, 0.5) is 0 Å². The van der Waals surface area contributed by atoms with Gasteiger partial charge in [0.15, 0.2) is 0 Å². The molecule has 0 aliphatic carbocycles. The van der Waals surface area contributed by atoms with E-state index in [9.17, 15) is 4.79 Å². The van der Waals surface area contributed by atoms with Crippen molar-refractivity contribution in [1.82, 2.24) is 0 Å². The first-order valence-electron chi connectivity index (χ1n) is 15.7. The van der Waals surface area contributed by atoms with Gasteiger partial charge in [-0.15, -0.1) is 0 Å². The molecule has 0 fully saturated rings. The summed E-state index contributed by atoms with van der Waals surface area (Å²) >= 11 is 0. The molecule has 3 heteroatoms. The van der Waals surface area contributed by atoms with Crippen LogP contribution in [0.25, 0.3) is 11.1 Å². The zero-order valence-electron chi connectivity index (χ0n) is 25.1. The average molecular weight is 543 g/mol. The Bertz CT molecular complexity index is 1080. The van der Waals surface area contributed by atoms with Crippen LogP contribution in [-0.4, -0.2) is 12.6 Å². The molecular formula is C37H50O3. The van der Waals surface area contributed by atoms with Crippen molar-refractivity contribution in [2.45, 2.75) is 110 Å². The molecule has 0 aliphatic heterocycles. The van der Waals surface area contributed by atoms with E-state index in [0.29, 0.717) is 11.3 Å². The normalized spacial score (nSPS) is 11.9. The predicted octanol–water partition coefficient (Wildman–Crippen LogP) is 10.9. The van der Waals surface area contributed by atoms with E-state index >= 15 is 0 Å². The number of esters is 1. The van der Waals surface area contributed by atoms with Crippen LogP contribution in [0.5, 0.6) is 5.75 Å². The maximum atomic E-state index is 12.7. The fraction of sp³-hybridized carbons (Fsp3) is 0.486. The first-order chi connectivity index (χ1) is 19.6. The summed E-state index contributed by atoms with van der Waals surface area (Å²) in [4.78, 5) is 12.7. The van der Waals surface area contributed by atoms with E-state index in [1.165, 1.54) is 76.2 Å². The summed E-state index contributed by atoms with van der Waals surface area (Å²) in [5.74, 6) is 0.196. The van der Waals surface area contributed by atoms with E-state index in [0.717, 1.165) is 36.1 Å². The molecule has 0 radical (unpaired) electrons. The number of carbonyl (C=O) groups excluding carboxylic acids is 1. The number of carbonyl (C=O) groups is 1. The van der Waals surface area contributed by atoms with Gasteiger partial charge in [0.25, 0.3) is 0 Å². The molecule has 0 N–H and O–H groups in total. The molecule has 0 saturated carbocycles. The number of benzene rings is 3. The van der Waals surface area contributed by atoms with Crippen molar-refractivity contribution < 1.29 is 14.3 Å². The zero-order valence-corrected chi connectivity index (χ0v) is 25.1. The van der Waals surface area contributed by atoms with Gasteiger partial charge in [-0.3, -0.25) is 0 Å². The van der Waals surface area contributed by atoms with Crippen LogP contribution < -0.4 is 4.74 Å². The first kappa shape index (κ1) is 31.6. The third kappa shape index (κ3) is 11.3. The summed E-state index contributed by atoms with van der Waals surface area (Å²) in [6.07, 6.45) is 16.7. The Morgan fingerprint density at radius 2 is 1.15 bits per heavy atom. The van der Waals surface area contributed by atoms with Crippen LogP contribution in [0.15, 0.2) is 72.8 Å². The van der Waals surface area contributed by atoms with Gasteiger partial charge in [0, 0.05) is 6.61 Å². The Balaban J connectivity index is 1.42. The Kier molecular flexibility index (Phi) is 14.6. The van der Waals surface area contributed by atoms with Crippen molar-refractivity contribution in [3.63, 3.8) is 0 Å². The Hall–Kier alpha value is -2.91. The van der Waals surface area contributed by atoms with E-state index in [4.69, 9.17) is 9.47 Å². The SMILES string of the molecule is CCCCCCCCCc1ccc(-c2ccc(C(=O)Oc3ccc(C(C)OCCCCCCC)cc3)cc2)cc1.